The third kappa shape index (κ3) is 15.9. The van der Waals surface area contributed by atoms with E-state index in [1.807, 2.05) is 0 Å². The number of benzene rings is 16. The van der Waals surface area contributed by atoms with Gasteiger partial charge in [-0.3, -0.25) is 0 Å². The maximum atomic E-state index is 7.06. The zero-order valence-corrected chi connectivity index (χ0v) is 82.8. The average Bonchev–Trinajstić information content (AvgIpc) is 1.44. The lowest BCUT2D eigenvalue weighted by Crippen LogP contribution is -2.19. The van der Waals surface area contributed by atoms with E-state index in [1.54, 1.807) is 0 Å². The Morgan fingerprint density at radius 2 is 0.478 bits per heavy atom. The highest BCUT2D eigenvalue weighted by molar-refractivity contribution is 6.18. The second-order valence-electron chi connectivity index (χ2n) is 46.0. The van der Waals surface area contributed by atoms with Crippen molar-refractivity contribution >= 4 is 122 Å². The molecule has 0 N–H and O–H groups in total. The van der Waals surface area contributed by atoms with Gasteiger partial charge >= 0.3 is 0 Å². The molecule has 0 bridgehead atoms. The summed E-state index contributed by atoms with van der Waals surface area (Å²) in [6.45, 7) is 56.4. The molecule has 4 heterocycles. The van der Waals surface area contributed by atoms with E-state index in [-0.39, 0.29) is 43.3 Å². The lowest BCUT2D eigenvalue weighted by Gasteiger charge is -2.36. The molecule has 0 radical (unpaired) electrons. The maximum absolute atomic E-state index is 7.06. The van der Waals surface area contributed by atoms with Crippen molar-refractivity contribution in [2.75, 3.05) is 9.80 Å². The summed E-state index contributed by atoms with van der Waals surface area (Å²) in [5, 5.41) is 9.13. The molecule has 0 aliphatic rings. The predicted molar refractivity (Wildman–Crippen MR) is 576 cm³/mol. The van der Waals surface area contributed by atoms with E-state index >= 15 is 0 Å². The minimum Gasteiger partial charge on any atom is -0.456 e. The van der Waals surface area contributed by atoms with E-state index in [0.717, 1.165) is 167 Å². The Hall–Kier alpha value is -13.7. The summed E-state index contributed by atoms with van der Waals surface area (Å²) in [5.74, 6) is 0. The molecule has 20 aromatic rings. The number of anilines is 6. The first-order chi connectivity index (χ1) is 63.5. The number of nitrogens with zero attached hydrogens (tertiary/aromatic N) is 4. The monoisotopic (exact) mass is 1750 g/mol. The molecule has 670 valence electrons. The van der Waals surface area contributed by atoms with Crippen molar-refractivity contribution in [1.29, 1.82) is 0 Å². The maximum Gasteiger partial charge on any atom is 0.136 e. The van der Waals surface area contributed by atoms with E-state index < -0.39 is 0 Å². The standard InChI is InChI=1S/C128H126N4O2/c1-121(2,3)83-55-59-109-103(68-83)104-69-84(122(4,5)6)56-60-110(104)131(109)93-45-35-43-91(76-93)129(119-101(79-39-27-25-28-40-79)72-89(127(19,20)21)74-107(119)97-49-37-53-115-117(97)99-47-31-33-51-113(99)133-115)95-65-82(81-63-87(125(13,14)15)67-88(64-81)126(16,17)18)66-96(78-95)130(92-44-36-46-94(77-92)132-111-61-57-85(123(7,8)9)70-105(111)106-71-86(124(10,11)12)58-62-112(106)132)120-102(80-41-29-26-30-42-80)73-90(128(22,23)24)75-108(120)98-50-38-54-116-118(98)100-48-32-34-52-114(100)134-116/h25-78H,1-24H3. The van der Waals surface area contributed by atoms with Crippen LogP contribution in [0.1, 0.15) is 211 Å². The van der Waals surface area contributed by atoms with Crippen molar-refractivity contribution in [3.05, 3.63) is 372 Å². The zero-order chi connectivity index (χ0) is 94.2. The first-order valence-corrected chi connectivity index (χ1v) is 48.1. The van der Waals surface area contributed by atoms with Gasteiger partial charge in [-0.1, -0.05) is 342 Å². The fourth-order valence-corrected chi connectivity index (χ4v) is 20.2. The Morgan fingerprint density at radius 3 is 0.813 bits per heavy atom. The van der Waals surface area contributed by atoms with Gasteiger partial charge in [0.1, 0.15) is 22.3 Å². The van der Waals surface area contributed by atoms with Gasteiger partial charge in [0.05, 0.1) is 33.4 Å². The van der Waals surface area contributed by atoms with Gasteiger partial charge in [-0.05, 0) is 273 Å². The van der Waals surface area contributed by atoms with Gasteiger partial charge in [-0.2, -0.15) is 0 Å². The molecule has 0 amide bonds. The molecule has 6 heteroatoms. The molecule has 6 nitrogen and oxygen atoms in total. The second kappa shape index (κ2) is 32.0. The smallest absolute Gasteiger partial charge is 0.136 e. The van der Waals surface area contributed by atoms with Crippen molar-refractivity contribution in [3.8, 4) is 67.0 Å². The highest BCUT2D eigenvalue weighted by Gasteiger charge is 2.36. The molecular formula is C128H126N4O2. The van der Waals surface area contributed by atoms with Crippen LogP contribution in [0.3, 0.4) is 0 Å². The van der Waals surface area contributed by atoms with Crippen LogP contribution < -0.4 is 9.80 Å². The molecule has 4 aromatic heterocycles. The van der Waals surface area contributed by atoms with Crippen LogP contribution in [0.2, 0.25) is 0 Å². The highest BCUT2D eigenvalue weighted by Crippen LogP contribution is 2.58. The van der Waals surface area contributed by atoms with Crippen molar-refractivity contribution in [2.45, 2.75) is 209 Å². The summed E-state index contributed by atoms with van der Waals surface area (Å²) in [5.41, 5.74) is 35.0. The first kappa shape index (κ1) is 88.3. The van der Waals surface area contributed by atoms with E-state index in [0.29, 0.717) is 0 Å². The average molecular weight is 1750 g/mol. The van der Waals surface area contributed by atoms with Gasteiger partial charge < -0.3 is 27.8 Å². The third-order valence-corrected chi connectivity index (χ3v) is 28.1. The molecule has 0 fully saturated rings. The number of fused-ring (bicyclic) bond motifs is 12. The second-order valence-corrected chi connectivity index (χ2v) is 46.0. The Balaban J connectivity index is 0.997. The number of para-hydroxylation sites is 2. The number of hydrogen-bond acceptors (Lipinski definition) is 4. The van der Waals surface area contributed by atoms with Gasteiger partial charge in [0, 0.05) is 99.5 Å². The first-order valence-electron chi connectivity index (χ1n) is 48.1. The van der Waals surface area contributed by atoms with Crippen molar-refractivity contribution < 1.29 is 8.83 Å². The topological polar surface area (TPSA) is 42.6 Å². The predicted octanol–water partition coefficient (Wildman–Crippen LogP) is 37.3. The summed E-state index contributed by atoms with van der Waals surface area (Å²) >= 11 is 0. The van der Waals surface area contributed by atoms with Gasteiger partial charge in [0.25, 0.3) is 0 Å². The van der Waals surface area contributed by atoms with Gasteiger partial charge in [-0.25, -0.2) is 0 Å². The van der Waals surface area contributed by atoms with Crippen LogP contribution in [-0.2, 0) is 43.3 Å². The lowest BCUT2D eigenvalue weighted by atomic mass is 9.79. The fraction of sp³-hybridized carbons (Fsp3) is 0.250. The molecule has 0 spiro atoms. The van der Waals surface area contributed by atoms with Crippen molar-refractivity contribution in [3.63, 3.8) is 0 Å². The Kier molecular flexibility index (Phi) is 21.1. The molecule has 0 atom stereocenters. The number of furan rings is 2. The minimum absolute atomic E-state index is 0.105. The van der Waals surface area contributed by atoms with E-state index in [2.05, 4.69) is 513 Å². The van der Waals surface area contributed by atoms with Gasteiger partial charge in [-0.15, -0.1) is 0 Å². The summed E-state index contributed by atoms with van der Waals surface area (Å²) in [7, 11) is 0. The van der Waals surface area contributed by atoms with Gasteiger partial charge in [0.2, 0.25) is 0 Å². The molecule has 0 saturated heterocycles. The van der Waals surface area contributed by atoms with E-state index in [1.165, 1.54) is 66.1 Å². The minimum atomic E-state index is -0.330. The van der Waals surface area contributed by atoms with Gasteiger partial charge in [0.15, 0.2) is 0 Å². The van der Waals surface area contributed by atoms with Crippen LogP contribution in [0.25, 0.3) is 154 Å². The Labute approximate surface area is 792 Å². The van der Waals surface area contributed by atoms with Crippen LogP contribution in [0, 0.1) is 0 Å². The van der Waals surface area contributed by atoms with Crippen molar-refractivity contribution in [2.24, 2.45) is 0 Å². The third-order valence-electron chi connectivity index (χ3n) is 28.1. The number of rotatable bonds is 13. The zero-order valence-electron chi connectivity index (χ0n) is 82.8. The molecule has 0 aliphatic heterocycles. The molecule has 20 rings (SSSR count). The highest BCUT2D eigenvalue weighted by atomic mass is 16.3. The lowest BCUT2D eigenvalue weighted by molar-refractivity contribution is 0.569. The largest absolute Gasteiger partial charge is 0.456 e. The molecule has 0 aliphatic carbocycles. The molecule has 0 saturated carbocycles. The van der Waals surface area contributed by atoms with E-state index in [4.69, 9.17) is 8.83 Å². The van der Waals surface area contributed by atoms with Crippen LogP contribution in [0.5, 0.6) is 0 Å². The molecule has 134 heavy (non-hydrogen) atoms. The molecular weight excluding hydrogens is 1630 g/mol. The Morgan fingerprint density at radius 1 is 0.187 bits per heavy atom. The molecule has 0 unspecified atom stereocenters. The van der Waals surface area contributed by atoms with Crippen LogP contribution in [0.4, 0.5) is 34.1 Å². The van der Waals surface area contributed by atoms with Crippen LogP contribution in [0.15, 0.2) is 336 Å². The summed E-state index contributed by atoms with van der Waals surface area (Å²) in [6, 6.07) is 126. The van der Waals surface area contributed by atoms with Crippen LogP contribution >= 0.6 is 0 Å². The SMILES string of the molecule is CC(C)(C)c1cc(-c2cc(N(c3cccc(-n4c5ccc(C(C)(C)C)cc5c5cc(C(C)(C)C)ccc54)c3)c3c(-c4ccccc4)cc(C(C)(C)C)cc3-c3cccc4oc5ccccc5c34)cc(N(c3cccc(-n4c5ccc(C(C)(C)C)cc5c5cc(C(C)(C)C)ccc54)c3)c3c(-c4ccccc4)cc(C(C)(C)C)cc3-c3cccc4oc5ccccc5c34)c2)cc(C(C)(C)C)c1. The normalized spacial score (nSPS) is 12.9. The summed E-state index contributed by atoms with van der Waals surface area (Å²) < 4.78 is 19.2. The van der Waals surface area contributed by atoms with Crippen LogP contribution in [-0.4, -0.2) is 9.13 Å². The fourth-order valence-electron chi connectivity index (χ4n) is 20.2. The number of hydrogen-bond donors (Lipinski definition) is 0. The summed E-state index contributed by atoms with van der Waals surface area (Å²) in [4.78, 5) is 5.32. The number of aromatic nitrogens is 2. The Bertz CT molecular complexity index is 7450. The molecule has 16 aromatic carbocycles. The van der Waals surface area contributed by atoms with E-state index in [9.17, 15) is 0 Å². The summed E-state index contributed by atoms with van der Waals surface area (Å²) in [6.07, 6.45) is 0. The van der Waals surface area contributed by atoms with Crippen molar-refractivity contribution in [1.82, 2.24) is 9.13 Å². The quantitative estimate of drug-likeness (QED) is 0.115.